The van der Waals surface area contributed by atoms with Gasteiger partial charge in [0, 0.05) is 25.1 Å². The quantitative estimate of drug-likeness (QED) is 0.765. The van der Waals surface area contributed by atoms with Crippen molar-refractivity contribution in [3.8, 4) is 0 Å². The normalized spacial score (nSPS) is 19.4. The lowest BCUT2D eigenvalue weighted by Gasteiger charge is -2.17. The molecule has 1 amide bonds. The number of carbonyl (C=O) groups excluding carboxylic acids is 1. The second kappa shape index (κ2) is 5.17. The first-order chi connectivity index (χ1) is 9.28. The number of nitrogens with zero attached hydrogens (tertiary/aromatic N) is 2. The molecule has 1 saturated heterocycles. The second-order valence-corrected chi connectivity index (χ2v) is 6.24. The van der Waals surface area contributed by atoms with E-state index in [1.54, 1.807) is 0 Å². The number of amides is 1. The molecule has 9 heteroatoms. The Morgan fingerprint density at radius 1 is 1.55 bits per heavy atom. The fraction of sp³-hybridized carbons (Fsp3) is 0.364. The van der Waals surface area contributed by atoms with Crippen LogP contribution in [0.15, 0.2) is 18.3 Å². The van der Waals surface area contributed by atoms with Crippen molar-refractivity contribution in [1.82, 2.24) is 4.98 Å². The molecule has 1 unspecified atom stereocenters. The van der Waals surface area contributed by atoms with Gasteiger partial charge in [0.2, 0.25) is 15.9 Å². The van der Waals surface area contributed by atoms with Crippen molar-refractivity contribution in [3.63, 3.8) is 0 Å². The number of sulfonamides is 1. The molecule has 0 spiro atoms. The van der Waals surface area contributed by atoms with Crippen LogP contribution in [0.1, 0.15) is 16.9 Å². The third-order valence-corrected chi connectivity index (χ3v) is 3.89. The Hall–Kier alpha value is -2.00. The fourth-order valence-corrected chi connectivity index (χ4v) is 3.11. The number of pyridine rings is 1. The highest BCUT2D eigenvalue weighted by Crippen LogP contribution is 2.27. The number of carboxylic acid groups (broad SMARTS) is 1. The van der Waals surface area contributed by atoms with E-state index in [2.05, 4.69) is 4.98 Å². The molecule has 0 saturated carbocycles. The molecule has 1 aliphatic heterocycles. The molecule has 0 aliphatic carbocycles. The molecular weight excluding hydrogens is 286 g/mol. The monoisotopic (exact) mass is 299 g/mol. The lowest BCUT2D eigenvalue weighted by atomic mass is 10.1. The standard InChI is InChI=1S/C11H13N3O5S/c12-20(18,19)6-7-4-9(15)14(5-7)8-2-1-3-13-10(8)11(16)17/h1-3,7H,4-6H2,(H,16,17)(H2,12,18,19). The number of carbonyl (C=O) groups is 2. The van der Waals surface area contributed by atoms with Gasteiger partial charge in [-0.05, 0) is 12.1 Å². The zero-order chi connectivity index (χ0) is 14.9. The fourth-order valence-electron chi connectivity index (χ4n) is 2.23. The minimum Gasteiger partial charge on any atom is -0.476 e. The van der Waals surface area contributed by atoms with Crippen molar-refractivity contribution in [2.45, 2.75) is 6.42 Å². The van der Waals surface area contributed by atoms with Crippen molar-refractivity contribution in [2.75, 3.05) is 17.2 Å². The van der Waals surface area contributed by atoms with Crippen LogP contribution in [0, 0.1) is 5.92 Å². The summed E-state index contributed by atoms with van der Waals surface area (Å²) >= 11 is 0. The molecule has 2 heterocycles. The third kappa shape index (κ3) is 3.11. The van der Waals surface area contributed by atoms with Crippen LogP contribution in [0.2, 0.25) is 0 Å². The number of carboxylic acids is 1. The summed E-state index contributed by atoms with van der Waals surface area (Å²) < 4.78 is 22.1. The molecule has 2 rings (SSSR count). The Balaban J connectivity index is 2.27. The zero-order valence-electron chi connectivity index (χ0n) is 10.4. The number of aromatic carboxylic acids is 1. The van der Waals surface area contributed by atoms with E-state index in [1.165, 1.54) is 23.2 Å². The first-order valence-corrected chi connectivity index (χ1v) is 7.48. The summed E-state index contributed by atoms with van der Waals surface area (Å²) in [5.74, 6) is -2.34. The highest BCUT2D eigenvalue weighted by Gasteiger charge is 2.34. The van der Waals surface area contributed by atoms with Crippen LogP contribution in [-0.2, 0) is 14.8 Å². The minimum atomic E-state index is -3.67. The van der Waals surface area contributed by atoms with Crippen molar-refractivity contribution in [1.29, 1.82) is 0 Å². The van der Waals surface area contributed by atoms with Gasteiger partial charge in [-0.25, -0.2) is 23.3 Å². The van der Waals surface area contributed by atoms with Gasteiger partial charge in [0.15, 0.2) is 5.69 Å². The zero-order valence-corrected chi connectivity index (χ0v) is 11.2. The number of anilines is 1. The predicted octanol–water partition coefficient (Wildman–Crippen LogP) is -0.579. The van der Waals surface area contributed by atoms with Gasteiger partial charge in [-0.2, -0.15) is 0 Å². The minimum absolute atomic E-state index is 0.0182. The molecule has 108 valence electrons. The lowest BCUT2D eigenvalue weighted by molar-refractivity contribution is -0.117. The van der Waals surface area contributed by atoms with Gasteiger partial charge in [0.1, 0.15) is 0 Å². The van der Waals surface area contributed by atoms with Gasteiger partial charge in [-0.15, -0.1) is 0 Å². The largest absolute Gasteiger partial charge is 0.476 e. The molecule has 0 bridgehead atoms. The summed E-state index contributed by atoms with van der Waals surface area (Å²) in [6.07, 6.45) is 1.33. The van der Waals surface area contributed by atoms with Gasteiger partial charge in [0.05, 0.1) is 11.4 Å². The average Bonchev–Trinajstić information content (AvgIpc) is 2.67. The molecule has 1 fully saturated rings. The van der Waals surface area contributed by atoms with E-state index in [0.29, 0.717) is 0 Å². The molecule has 0 radical (unpaired) electrons. The van der Waals surface area contributed by atoms with Crippen LogP contribution in [0.4, 0.5) is 5.69 Å². The highest BCUT2D eigenvalue weighted by atomic mass is 32.2. The van der Waals surface area contributed by atoms with Crippen LogP contribution in [0.5, 0.6) is 0 Å². The summed E-state index contributed by atoms with van der Waals surface area (Å²) in [5.41, 5.74) is -0.0703. The first kappa shape index (κ1) is 14.4. The molecular formula is C11H13N3O5S. The summed E-state index contributed by atoms with van der Waals surface area (Å²) in [6.45, 7) is 0.112. The molecule has 8 nitrogen and oxygen atoms in total. The van der Waals surface area contributed by atoms with Crippen molar-refractivity contribution >= 4 is 27.6 Å². The highest BCUT2D eigenvalue weighted by molar-refractivity contribution is 7.89. The Bertz CT molecular complexity index is 658. The van der Waals surface area contributed by atoms with Gasteiger partial charge in [0.25, 0.3) is 0 Å². The summed E-state index contributed by atoms with van der Waals surface area (Å²) in [7, 11) is -3.67. The molecule has 1 aromatic heterocycles. The van der Waals surface area contributed by atoms with E-state index in [1.807, 2.05) is 0 Å². The number of aromatic nitrogens is 1. The lowest BCUT2D eigenvalue weighted by Crippen LogP contribution is -2.29. The SMILES string of the molecule is NS(=O)(=O)CC1CC(=O)N(c2cccnc2C(=O)O)C1. The van der Waals surface area contributed by atoms with Gasteiger partial charge in [-0.1, -0.05) is 0 Å². The molecule has 3 N–H and O–H groups in total. The van der Waals surface area contributed by atoms with Gasteiger partial charge < -0.3 is 10.0 Å². The van der Waals surface area contributed by atoms with Crippen LogP contribution in [0.25, 0.3) is 0 Å². The number of hydrogen-bond acceptors (Lipinski definition) is 5. The topological polar surface area (TPSA) is 131 Å². The maximum absolute atomic E-state index is 11.9. The predicted molar refractivity (Wildman–Crippen MR) is 69.6 cm³/mol. The van der Waals surface area contributed by atoms with E-state index < -0.39 is 21.9 Å². The number of nitrogens with two attached hydrogens (primary N) is 1. The Kier molecular flexibility index (Phi) is 3.73. The Labute approximate surface area is 115 Å². The maximum Gasteiger partial charge on any atom is 0.356 e. The molecule has 1 aromatic rings. The first-order valence-electron chi connectivity index (χ1n) is 5.77. The van der Waals surface area contributed by atoms with Crippen LogP contribution in [-0.4, -0.2) is 42.7 Å². The van der Waals surface area contributed by atoms with Crippen molar-refractivity contribution in [2.24, 2.45) is 11.1 Å². The molecule has 1 atom stereocenters. The summed E-state index contributed by atoms with van der Waals surface area (Å²) in [6, 6.07) is 2.98. The number of hydrogen-bond donors (Lipinski definition) is 2. The van der Waals surface area contributed by atoms with E-state index in [0.717, 1.165) is 0 Å². The number of rotatable bonds is 4. The Morgan fingerprint density at radius 3 is 2.85 bits per heavy atom. The van der Waals surface area contributed by atoms with Crippen LogP contribution in [0.3, 0.4) is 0 Å². The Morgan fingerprint density at radius 2 is 2.25 bits per heavy atom. The third-order valence-electron chi connectivity index (χ3n) is 2.95. The van der Waals surface area contributed by atoms with E-state index >= 15 is 0 Å². The van der Waals surface area contributed by atoms with E-state index in [4.69, 9.17) is 10.2 Å². The molecule has 20 heavy (non-hydrogen) atoms. The van der Waals surface area contributed by atoms with Crippen molar-refractivity contribution < 1.29 is 23.1 Å². The van der Waals surface area contributed by atoms with E-state index in [-0.39, 0.29) is 36.0 Å². The average molecular weight is 299 g/mol. The van der Waals surface area contributed by atoms with Crippen LogP contribution >= 0.6 is 0 Å². The number of primary sulfonamides is 1. The van der Waals surface area contributed by atoms with E-state index in [9.17, 15) is 18.0 Å². The molecule has 0 aromatic carbocycles. The second-order valence-electron chi connectivity index (χ2n) is 4.58. The van der Waals surface area contributed by atoms with Gasteiger partial charge >= 0.3 is 5.97 Å². The summed E-state index contributed by atoms with van der Waals surface area (Å²) in [4.78, 5) is 28.0. The van der Waals surface area contributed by atoms with Crippen LogP contribution < -0.4 is 10.0 Å². The van der Waals surface area contributed by atoms with Crippen molar-refractivity contribution in [3.05, 3.63) is 24.0 Å². The maximum atomic E-state index is 11.9. The molecule has 1 aliphatic rings. The smallest absolute Gasteiger partial charge is 0.356 e. The van der Waals surface area contributed by atoms with Gasteiger partial charge in [-0.3, -0.25) is 4.79 Å². The summed E-state index contributed by atoms with van der Waals surface area (Å²) in [5, 5.41) is 14.0.